The molecule has 0 aliphatic heterocycles. The van der Waals surface area contributed by atoms with E-state index in [2.05, 4.69) is 61.4 Å². The maximum Gasteiger partial charge on any atom is 0.0605 e. The van der Waals surface area contributed by atoms with Crippen LogP contribution in [0.15, 0.2) is 42.6 Å². The second-order valence-corrected chi connectivity index (χ2v) is 5.34. The molecule has 0 aliphatic carbocycles. The monoisotopic (exact) mass is 268 g/mol. The summed E-state index contributed by atoms with van der Waals surface area (Å²) in [4.78, 5) is 4.59. The van der Waals surface area contributed by atoms with Gasteiger partial charge in [0.2, 0.25) is 0 Å². The fraction of sp³-hybridized carbons (Fsp3) is 0.389. The Balaban J connectivity index is 2.24. The molecule has 2 rings (SSSR count). The Labute approximate surface area is 122 Å². The lowest BCUT2D eigenvalue weighted by atomic mass is 9.97. The van der Waals surface area contributed by atoms with Crippen LogP contribution in [0.25, 0.3) is 0 Å². The molecule has 0 amide bonds. The molecule has 1 atom stereocenters. The summed E-state index contributed by atoms with van der Waals surface area (Å²) in [7, 11) is 0. The van der Waals surface area contributed by atoms with Crippen molar-refractivity contribution in [3.05, 3.63) is 65.0 Å². The maximum atomic E-state index is 4.59. The van der Waals surface area contributed by atoms with Crippen molar-refractivity contribution < 1.29 is 0 Å². The van der Waals surface area contributed by atoms with Crippen LogP contribution in [-0.2, 0) is 6.42 Å². The lowest BCUT2D eigenvalue weighted by Gasteiger charge is -2.20. The standard InChI is InChI=1S/C18H24N2/c1-4-11-19-17(18-15(3)9-7-12-20-18)13-16-10-6-5-8-14(16)2/h5-10,12,17,19H,4,11,13H2,1-3H3. The van der Waals surface area contributed by atoms with Gasteiger partial charge in [-0.2, -0.15) is 0 Å². The second-order valence-electron chi connectivity index (χ2n) is 5.34. The molecule has 1 aromatic heterocycles. The minimum absolute atomic E-state index is 0.289. The third-order valence-electron chi connectivity index (χ3n) is 3.71. The zero-order chi connectivity index (χ0) is 14.4. The highest BCUT2D eigenvalue weighted by Gasteiger charge is 2.15. The van der Waals surface area contributed by atoms with E-state index in [9.17, 15) is 0 Å². The molecular formula is C18H24N2. The van der Waals surface area contributed by atoms with Gasteiger partial charge in [0.05, 0.1) is 11.7 Å². The Kier molecular flexibility index (Phi) is 5.31. The molecule has 0 aliphatic rings. The van der Waals surface area contributed by atoms with Crippen LogP contribution in [0.2, 0.25) is 0 Å². The first-order valence-corrected chi connectivity index (χ1v) is 7.41. The van der Waals surface area contributed by atoms with Gasteiger partial charge in [0.15, 0.2) is 0 Å². The average Bonchev–Trinajstić information content (AvgIpc) is 2.46. The van der Waals surface area contributed by atoms with Crippen molar-refractivity contribution in [2.45, 2.75) is 39.7 Å². The number of benzene rings is 1. The summed E-state index contributed by atoms with van der Waals surface area (Å²) in [6, 6.07) is 13.0. The number of pyridine rings is 1. The van der Waals surface area contributed by atoms with E-state index >= 15 is 0 Å². The van der Waals surface area contributed by atoms with Crippen LogP contribution in [0, 0.1) is 13.8 Å². The van der Waals surface area contributed by atoms with Gasteiger partial charge in [-0.05, 0) is 56.0 Å². The number of aromatic nitrogens is 1. The Morgan fingerprint density at radius 2 is 1.80 bits per heavy atom. The van der Waals surface area contributed by atoms with Gasteiger partial charge in [-0.1, -0.05) is 37.3 Å². The predicted molar refractivity (Wildman–Crippen MR) is 84.9 cm³/mol. The van der Waals surface area contributed by atoms with Gasteiger partial charge >= 0.3 is 0 Å². The van der Waals surface area contributed by atoms with Crippen molar-refractivity contribution in [1.29, 1.82) is 0 Å². The van der Waals surface area contributed by atoms with E-state index < -0.39 is 0 Å². The normalized spacial score (nSPS) is 12.3. The Morgan fingerprint density at radius 3 is 2.50 bits per heavy atom. The molecule has 106 valence electrons. The number of aryl methyl sites for hydroxylation is 2. The van der Waals surface area contributed by atoms with Gasteiger partial charge in [0.25, 0.3) is 0 Å². The summed E-state index contributed by atoms with van der Waals surface area (Å²) >= 11 is 0. The van der Waals surface area contributed by atoms with Crippen molar-refractivity contribution >= 4 is 0 Å². The van der Waals surface area contributed by atoms with E-state index in [0.717, 1.165) is 19.4 Å². The van der Waals surface area contributed by atoms with E-state index in [1.807, 2.05) is 12.3 Å². The second kappa shape index (κ2) is 7.20. The topological polar surface area (TPSA) is 24.9 Å². The molecule has 0 spiro atoms. The van der Waals surface area contributed by atoms with E-state index in [0.29, 0.717) is 0 Å². The molecule has 1 N–H and O–H groups in total. The third-order valence-corrected chi connectivity index (χ3v) is 3.71. The van der Waals surface area contributed by atoms with Crippen LogP contribution >= 0.6 is 0 Å². The largest absolute Gasteiger partial charge is 0.308 e. The molecule has 0 saturated heterocycles. The first-order valence-electron chi connectivity index (χ1n) is 7.41. The van der Waals surface area contributed by atoms with E-state index in [-0.39, 0.29) is 6.04 Å². The highest BCUT2D eigenvalue weighted by Crippen LogP contribution is 2.21. The fourth-order valence-electron chi connectivity index (χ4n) is 2.51. The molecular weight excluding hydrogens is 244 g/mol. The van der Waals surface area contributed by atoms with E-state index in [4.69, 9.17) is 0 Å². The van der Waals surface area contributed by atoms with Gasteiger partial charge in [0, 0.05) is 6.20 Å². The molecule has 0 fully saturated rings. The average molecular weight is 268 g/mol. The molecule has 2 heteroatoms. The molecule has 0 bridgehead atoms. The molecule has 2 nitrogen and oxygen atoms in total. The summed E-state index contributed by atoms with van der Waals surface area (Å²) in [5.74, 6) is 0. The predicted octanol–water partition coefficient (Wildman–Crippen LogP) is 3.98. The first kappa shape index (κ1) is 14.7. The van der Waals surface area contributed by atoms with Crippen molar-refractivity contribution in [2.24, 2.45) is 0 Å². The van der Waals surface area contributed by atoms with Crippen molar-refractivity contribution in [3.63, 3.8) is 0 Å². The van der Waals surface area contributed by atoms with Crippen LogP contribution in [0.4, 0.5) is 0 Å². The van der Waals surface area contributed by atoms with Crippen molar-refractivity contribution in [2.75, 3.05) is 6.54 Å². The molecule has 0 radical (unpaired) electrons. The fourth-order valence-corrected chi connectivity index (χ4v) is 2.51. The van der Waals surface area contributed by atoms with Crippen LogP contribution in [0.1, 0.15) is 41.8 Å². The number of hydrogen-bond acceptors (Lipinski definition) is 2. The van der Waals surface area contributed by atoms with E-state index in [1.165, 1.54) is 22.4 Å². The van der Waals surface area contributed by atoms with Crippen LogP contribution in [0.5, 0.6) is 0 Å². The Hall–Kier alpha value is -1.67. The lowest BCUT2D eigenvalue weighted by Crippen LogP contribution is -2.26. The van der Waals surface area contributed by atoms with Gasteiger partial charge in [-0.3, -0.25) is 4.98 Å². The smallest absolute Gasteiger partial charge is 0.0605 e. The number of hydrogen-bond donors (Lipinski definition) is 1. The summed E-state index contributed by atoms with van der Waals surface area (Å²) < 4.78 is 0. The highest BCUT2D eigenvalue weighted by molar-refractivity contribution is 5.29. The molecule has 1 aromatic carbocycles. The zero-order valence-electron chi connectivity index (χ0n) is 12.7. The molecule has 20 heavy (non-hydrogen) atoms. The lowest BCUT2D eigenvalue weighted by molar-refractivity contribution is 0.514. The Morgan fingerprint density at radius 1 is 1.05 bits per heavy atom. The summed E-state index contributed by atoms with van der Waals surface area (Å²) in [5, 5.41) is 3.64. The highest BCUT2D eigenvalue weighted by atomic mass is 14.9. The van der Waals surface area contributed by atoms with Crippen LogP contribution in [-0.4, -0.2) is 11.5 Å². The van der Waals surface area contributed by atoms with Crippen molar-refractivity contribution in [1.82, 2.24) is 10.3 Å². The SMILES string of the molecule is CCCNC(Cc1ccccc1C)c1ncccc1C. The summed E-state index contributed by atoms with van der Waals surface area (Å²) in [6.07, 6.45) is 4.02. The molecule has 1 heterocycles. The van der Waals surface area contributed by atoms with E-state index in [1.54, 1.807) is 0 Å². The first-order chi connectivity index (χ1) is 9.72. The minimum atomic E-state index is 0.289. The van der Waals surface area contributed by atoms with Gasteiger partial charge < -0.3 is 5.32 Å². The van der Waals surface area contributed by atoms with Crippen LogP contribution < -0.4 is 5.32 Å². The molecule has 0 saturated carbocycles. The number of nitrogens with one attached hydrogen (secondary N) is 1. The summed E-state index contributed by atoms with van der Waals surface area (Å²) in [5.41, 5.74) is 5.18. The quantitative estimate of drug-likeness (QED) is 0.857. The van der Waals surface area contributed by atoms with Gasteiger partial charge in [0.1, 0.15) is 0 Å². The molecule has 1 unspecified atom stereocenters. The van der Waals surface area contributed by atoms with Gasteiger partial charge in [-0.25, -0.2) is 0 Å². The summed E-state index contributed by atoms with van der Waals surface area (Å²) in [6.45, 7) is 7.54. The number of rotatable bonds is 6. The zero-order valence-corrected chi connectivity index (χ0v) is 12.7. The van der Waals surface area contributed by atoms with Gasteiger partial charge in [-0.15, -0.1) is 0 Å². The third kappa shape index (κ3) is 3.67. The van der Waals surface area contributed by atoms with Crippen molar-refractivity contribution in [3.8, 4) is 0 Å². The molecule has 2 aromatic rings. The maximum absolute atomic E-state index is 4.59. The number of nitrogens with zero attached hydrogens (tertiary/aromatic N) is 1. The minimum Gasteiger partial charge on any atom is -0.308 e. The van der Waals surface area contributed by atoms with Crippen LogP contribution in [0.3, 0.4) is 0 Å². The Bertz CT molecular complexity index is 549.